The number of halogens is 2. The van der Waals surface area contributed by atoms with E-state index in [4.69, 9.17) is 16.1 Å². The van der Waals surface area contributed by atoms with E-state index < -0.39 is 0 Å². The van der Waals surface area contributed by atoms with Crippen molar-refractivity contribution in [1.29, 1.82) is 0 Å². The molecule has 0 radical (unpaired) electrons. The summed E-state index contributed by atoms with van der Waals surface area (Å²) in [4.78, 5) is 20.2. The number of nitrogens with one attached hydrogen (secondary N) is 1. The van der Waals surface area contributed by atoms with Crippen molar-refractivity contribution in [3.63, 3.8) is 0 Å². The van der Waals surface area contributed by atoms with E-state index in [-0.39, 0.29) is 12.3 Å². The minimum atomic E-state index is -0.178. The summed E-state index contributed by atoms with van der Waals surface area (Å²) >= 11 is 9.39. The van der Waals surface area contributed by atoms with Crippen LogP contribution in [0.2, 0.25) is 5.02 Å². The lowest BCUT2D eigenvalue weighted by atomic mass is 10.2. The van der Waals surface area contributed by atoms with Gasteiger partial charge in [-0.15, -0.1) is 0 Å². The van der Waals surface area contributed by atoms with Gasteiger partial charge in [-0.25, -0.2) is 0 Å². The summed E-state index contributed by atoms with van der Waals surface area (Å²) < 4.78 is 6.01. The highest BCUT2D eigenvalue weighted by Gasteiger charge is 2.11. The fourth-order valence-electron chi connectivity index (χ4n) is 2.00. The van der Waals surface area contributed by atoms with E-state index in [1.165, 1.54) is 0 Å². The highest BCUT2D eigenvalue weighted by atomic mass is 79.9. The maximum atomic E-state index is 12.0. The molecule has 0 aliphatic carbocycles. The second-order valence-electron chi connectivity index (χ2n) is 4.92. The zero-order valence-corrected chi connectivity index (χ0v) is 14.7. The van der Waals surface area contributed by atoms with Gasteiger partial charge >= 0.3 is 0 Å². The monoisotopic (exact) mass is 406 g/mol. The molecule has 0 unspecified atom stereocenters. The highest BCUT2D eigenvalue weighted by molar-refractivity contribution is 9.10. The van der Waals surface area contributed by atoms with Crippen molar-refractivity contribution in [3.05, 3.63) is 58.1 Å². The highest BCUT2D eigenvalue weighted by Crippen LogP contribution is 2.25. The van der Waals surface area contributed by atoms with Crippen LogP contribution in [0, 0.1) is 0 Å². The number of rotatable bonds is 5. The van der Waals surface area contributed by atoms with Crippen molar-refractivity contribution in [2.45, 2.75) is 12.8 Å². The lowest BCUT2D eigenvalue weighted by Crippen LogP contribution is -2.12. The molecule has 0 saturated heterocycles. The van der Waals surface area contributed by atoms with Crippen LogP contribution in [-0.2, 0) is 11.2 Å². The van der Waals surface area contributed by atoms with E-state index in [0.717, 1.165) is 10.0 Å². The van der Waals surface area contributed by atoms with Gasteiger partial charge in [0.25, 0.3) is 0 Å². The maximum Gasteiger partial charge on any atom is 0.227 e. The molecule has 8 heteroatoms. The lowest BCUT2D eigenvalue weighted by Gasteiger charge is -2.06. The smallest absolute Gasteiger partial charge is 0.227 e. The summed E-state index contributed by atoms with van der Waals surface area (Å²) in [5.41, 5.74) is 1.37. The van der Waals surface area contributed by atoms with E-state index in [1.54, 1.807) is 42.7 Å². The van der Waals surface area contributed by atoms with Crippen LogP contribution in [0.5, 0.6) is 0 Å². The number of aryl methyl sites for hydroxylation is 1. The van der Waals surface area contributed by atoms with Crippen molar-refractivity contribution < 1.29 is 9.32 Å². The first kappa shape index (κ1) is 16.6. The third-order valence-electron chi connectivity index (χ3n) is 3.18. The molecule has 6 nitrogen and oxygen atoms in total. The Hall–Kier alpha value is -2.25. The van der Waals surface area contributed by atoms with Gasteiger partial charge in [-0.3, -0.25) is 9.78 Å². The largest absolute Gasteiger partial charge is 0.339 e. The standard InChI is InChI=1S/C16H12BrClN4O2/c17-11-1-2-13(12(18)9-11)20-14(23)3-4-15-21-16(22-24-15)10-5-7-19-8-6-10/h1-2,5-9H,3-4H2,(H,20,23). The van der Waals surface area contributed by atoms with Crippen molar-refractivity contribution >= 4 is 39.1 Å². The molecule has 0 bridgehead atoms. The molecule has 1 amide bonds. The Morgan fingerprint density at radius 3 is 2.79 bits per heavy atom. The Morgan fingerprint density at radius 1 is 1.25 bits per heavy atom. The average molecular weight is 408 g/mol. The van der Waals surface area contributed by atoms with Crippen molar-refractivity contribution in [1.82, 2.24) is 15.1 Å². The van der Waals surface area contributed by atoms with E-state index in [1.807, 2.05) is 0 Å². The van der Waals surface area contributed by atoms with Gasteiger partial charge in [0, 0.05) is 35.3 Å². The summed E-state index contributed by atoms with van der Waals surface area (Å²) in [6, 6.07) is 8.84. The molecule has 0 aliphatic rings. The van der Waals surface area contributed by atoms with Gasteiger partial charge in [-0.05, 0) is 30.3 Å². The van der Waals surface area contributed by atoms with Gasteiger partial charge in [0.15, 0.2) is 0 Å². The minimum Gasteiger partial charge on any atom is -0.339 e. The Kier molecular flexibility index (Phi) is 5.22. The summed E-state index contributed by atoms with van der Waals surface area (Å²) in [5.74, 6) is 0.700. The number of hydrogen-bond donors (Lipinski definition) is 1. The van der Waals surface area contributed by atoms with Crippen molar-refractivity contribution in [3.8, 4) is 11.4 Å². The van der Waals surface area contributed by atoms with Crippen LogP contribution in [0.4, 0.5) is 5.69 Å². The molecular weight excluding hydrogens is 396 g/mol. The molecule has 122 valence electrons. The van der Waals surface area contributed by atoms with Crippen LogP contribution in [0.1, 0.15) is 12.3 Å². The Bertz CT molecular complexity index is 854. The van der Waals surface area contributed by atoms with E-state index in [0.29, 0.717) is 28.8 Å². The van der Waals surface area contributed by atoms with Gasteiger partial charge < -0.3 is 9.84 Å². The number of carbonyl (C=O) groups excluding carboxylic acids is 1. The first-order valence-electron chi connectivity index (χ1n) is 7.10. The summed E-state index contributed by atoms with van der Waals surface area (Å²) in [7, 11) is 0. The molecule has 2 heterocycles. The normalized spacial score (nSPS) is 10.6. The molecular formula is C16H12BrClN4O2. The number of hydrogen-bond acceptors (Lipinski definition) is 5. The molecule has 0 saturated carbocycles. The first-order chi connectivity index (χ1) is 11.6. The molecule has 3 rings (SSSR count). The number of benzene rings is 1. The van der Waals surface area contributed by atoms with E-state index in [9.17, 15) is 4.79 Å². The van der Waals surface area contributed by atoms with Crippen LogP contribution in [0.15, 0.2) is 51.7 Å². The van der Waals surface area contributed by atoms with Gasteiger partial charge in [0.2, 0.25) is 17.6 Å². The Morgan fingerprint density at radius 2 is 2.04 bits per heavy atom. The molecule has 24 heavy (non-hydrogen) atoms. The number of nitrogens with zero attached hydrogens (tertiary/aromatic N) is 3. The molecule has 0 aliphatic heterocycles. The van der Waals surface area contributed by atoms with Gasteiger partial charge in [0.05, 0.1) is 10.7 Å². The fourth-order valence-corrected chi connectivity index (χ4v) is 2.72. The first-order valence-corrected chi connectivity index (χ1v) is 8.27. The summed E-state index contributed by atoms with van der Waals surface area (Å²) in [6.07, 6.45) is 3.87. The third-order valence-corrected chi connectivity index (χ3v) is 3.98. The summed E-state index contributed by atoms with van der Waals surface area (Å²) in [5, 5.41) is 7.12. The molecule has 0 atom stereocenters. The van der Waals surface area contributed by atoms with Gasteiger partial charge in [-0.1, -0.05) is 32.7 Å². The Balaban J connectivity index is 1.58. The van der Waals surface area contributed by atoms with Gasteiger partial charge in [-0.2, -0.15) is 4.98 Å². The SMILES string of the molecule is O=C(CCc1nc(-c2ccncc2)no1)Nc1ccc(Br)cc1Cl. The number of anilines is 1. The lowest BCUT2D eigenvalue weighted by molar-refractivity contribution is -0.116. The fraction of sp³-hybridized carbons (Fsp3) is 0.125. The topological polar surface area (TPSA) is 80.9 Å². The molecule has 1 aromatic carbocycles. The molecule has 0 fully saturated rings. The third kappa shape index (κ3) is 4.18. The van der Waals surface area contributed by atoms with E-state index in [2.05, 4.69) is 36.4 Å². The molecule has 3 aromatic rings. The Labute approximate surface area is 151 Å². The second kappa shape index (κ2) is 7.55. The number of carbonyl (C=O) groups is 1. The van der Waals surface area contributed by atoms with Crippen molar-refractivity contribution in [2.75, 3.05) is 5.32 Å². The van der Waals surface area contributed by atoms with E-state index >= 15 is 0 Å². The molecule has 2 aromatic heterocycles. The van der Waals surface area contributed by atoms with Crippen LogP contribution < -0.4 is 5.32 Å². The molecule has 1 N–H and O–H groups in total. The summed E-state index contributed by atoms with van der Waals surface area (Å²) in [6.45, 7) is 0. The minimum absolute atomic E-state index is 0.178. The second-order valence-corrected chi connectivity index (χ2v) is 6.24. The van der Waals surface area contributed by atoms with Crippen LogP contribution in [-0.4, -0.2) is 21.0 Å². The quantitative estimate of drug-likeness (QED) is 0.688. The maximum absolute atomic E-state index is 12.0. The predicted octanol–water partition coefficient (Wildman–Crippen LogP) is 4.12. The van der Waals surface area contributed by atoms with Crippen LogP contribution in [0.25, 0.3) is 11.4 Å². The van der Waals surface area contributed by atoms with Crippen LogP contribution >= 0.6 is 27.5 Å². The predicted molar refractivity (Wildman–Crippen MR) is 93.6 cm³/mol. The van der Waals surface area contributed by atoms with Crippen molar-refractivity contribution in [2.24, 2.45) is 0 Å². The zero-order valence-electron chi connectivity index (χ0n) is 12.4. The average Bonchev–Trinajstić information content (AvgIpc) is 3.05. The number of aromatic nitrogens is 3. The molecule has 0 spiro atoms. The van der Waals surface area contributed by atoms with Gasteiger partial charge in [0.1, 0.15) is 0 Å². The zero-order chi connectivity index (χ0) is 16.9. The number of amides is 1. The van der Waals surface area contributed by atoms with Crippen LogP contribution in [0.3, 0.4) is 0 Å². The number of pyridine rings is 1.